The summed E-state index contributed by atoms with van der Waals surface area (Å²) in [6, 6.07) is 33.2. The van der Waals surface area contributed by atoms with Gasteiger partial charge in [-0.3, -0.25) is 30.3 Å². The second-order valence-corrected chi connectivity index (χ2v) is 14.2. The number of nitro benzene ring substituents is 3. The van der Waals surface area contributed by atoms with Crippen LogP contribution in [0.4, 0.5) is 28.4 Å². The minimum atomic E-state index is -0.550. The number of nitrogens with zero attached hydrogens (tertiary/aromatic N) is 3. The van der Waals surface area contributed by atoms with Crippen molar-refractivity contribution in [1.29, 1.82) is 0 Å². The lowest BCUT2D eigenvalue weighted by Gasteiger charge is -2.03. The average Bonchev–Trinajstić information content (AvgIpc) is 3.12. The summed E-state index contributed by atoms with van der Waals surface area (Å²) in [4.78, 5) is 34.2. The molecule has 0 saturated carbocycles. The number of phenolic OH excluding ortho intramolecular Hbond substituents is 3. The van der Waals surface area contributed by atoms with Crippen LogP contribution in [0.5, 0.6) is 17.2 Å². The molecule has 14 nitrogen and oxygen atoms in total. The number of rotatable bonds is 7. The molecule has 7 N–H and O–H groups in total. The molecular weight excluding hydrogens is 814 g/mol. The zero-order valence-corrected chi connectivity index (χ0v) is 32.0. The van der Waals surface area contributed by atoms with Gasteiger partial charge >= 0.3 is 0 Å². The van der Waals surface area contributed by atoms with Crippen molar-refractivity contribution in [2.24, 2.45) is 0 Å². The number of aromatic hydroxyl groups is 3. The summed E-state index contributed by atoms with van der Waals surface area (Å²) in [5.41, 5.74) is 10.8. The third-order valence-corrected chi connectivity index (χ3v) is 9.32. The molecule has 0 spiro atoms. The molecule has 284 valence electrons. The van der Waals surface area contributed by atoms with E-state index in [1.165, 1.54) is 53.9 Å². The second kappa shape index (κ2) is 21.1. The molecule has 0 radical (unpaired) electrons. The van der Waals surface area contributed by atoms with Gasteiger partial charge in [0.15, 0.2) is 0 Å². The Kier molecular flexibility index (Phi) is 16.7. The second-order valence-electron chi connectivity index (χ2n) is 10.5. The number of thiol groups is 1. The molecule has 0 atom stereocenters. The van der Waals surface area contributed by atoms with Gasteiger partial charge in [-0.2, -0.15) is 0 Å². The van der Waals surface area contributed by atoms with Crippen molar-refractivity contribution >= 4 is 87.8 Å². The van der Waals surface area contributed by atoms with Crippen LogP contribution < -0.4 is 11.5 Å². The summed E-state index contributed by atoms with van der Waals surface area (Å²) >= 11 is 18.2. The molecule has 0 aliphatic carbocycles. The molecule has 0 unspecified atom stereocenters. The van der Waals surface area contributed by atoms with Crippen LogP contribution in [0.25, 0.3) is 0 Å². The predicted molar refractivity (Wildman–Crippen MR) is 218 cm³/mol. The third-order valence-electron chi connectivity index (χ3n) is 6.49. The van der Waals surface area contributed by atoms with E-state index in [-0.39, 0.29) is 50.7 Å². The first-order chi connectivity index (χ1) is 26.0. The van der Waals surface area contributed by atoms with Crippen molar-refractivity contribution in [2.45, 2.75) is 24.5 Å². The van der Waals surface area contributed by atoms with E-state index in [0.29, 0.717) is 5.02 Å². The van der Waals surface area contributed by atoms with Crippen molar-refractivity contribution < 1.29 is 30.1 Å². The molecule has 55 heavy (non-hydrogen) atoms. The number of phenols is 3. The van der Waals surface area contributed by atoms with E-state index < -0.39 is 14.8 Å². The summed E-state index contributed by atoms with van der Waals surface area (Å²) in [5.74, 6) is 0.673. The van der Waals surface area contributed by atoms with Crippen LogP contribution in [-0.4, -0.2) is 30.1 Å². The standard InChI is InChI=1S/C12H8ClNO3S.C12H10N2O3S.C6H5ClN2O2.C6H6OS/c2*13-11-7-10(5-6-12(11)14(16)17)18-9-3-1-8(15)2-4-9;7-4-1-2-6(9(10)11)5(8)3-4;7-5-1-3-6(8)4-2-5/h1-7,15H;1-7,15H,13H2;1-3H,8H2;1-4,7-8H. The fraction of sp³-hybridized carbons (Fsp3) is 0. The quantitative estimate of drug-likeness (QED) is 0.0380. The molecule has 0 fully saturated rings. The van der Waals surface area contributed by atoms with Gasteiger partial charge in [-0.25, -0.2) is 0 Å². The van der Waals surface area contributed by atoms with Gasteiger partial charge in [-0.1, -0.05) is 46.7 Å². The first-order valence-corrected chi connectivity index (χ1v) is 17.9. The van der Waals surface area contributed by atoms with E-state index in [9.17, 15) is 30.3 Å². The van der Waals surface area contributed by atoms with Gasteiger partial charge in [0.25, 0.3) is 17.1 Å². The van der Waals surface area contributed by atoms with Crippen molar-refractivity contribution in [3.05, 3.63) is 168 Å². The lowest BCUT2D eigenvalue weighted by molar-refractivity contribution is -0.384. The van der Waals surface area contributed by atoms with Crippen LogP contribution >= 0.6 is 59.4 Å². The Hall–Kier alpha value is -5.85. The minimum absolute atomic E-state index is 0.0856. The highest BCUT2D eigenvalue weighted by Crippen LogP contribution is 2.35. The van der Waals surface area contributed by atoms with Crippen LogP contribution in [0, 0.1) is 30.3 Å². The molecule has 0 aliphatic heterocycles. The molecule has 6 rings (SSSR count). The minimum Gasteiger partial charge on any atom is -0.508 e. The van der Waals surface area contributed by atoms with Crippen LogP contribution in [0.15, 0.2) is 152 Å². The van der Waals surface area contributed by atoms with Crippen LogP contribution in [0.1, 0.15) is 0 Å². The van der Waals surface area contributed by atoms with Crippen molar-refractivity contribution in [3.63, 3.8) is 0 Å². The van der Waals surface area contributed by atoms with Gasteiger partial charge < -0.3 is 26.8 Å². The molecule has 6 aromatic rings. The molecule has 0 aromatic heterocycles. The maximum absolute atomic E-state index is 10.6. The number of benzene rings is 6. The highest BCUT2D eigenvalue weighted by atomic mass is 35.5. The van der Waals surface area contributed by atoms with Crippen LogP contribution in [0.2, 0.25) is 10.0 Å². The number of nitrogens with two attached hydrogens (primary N) is 2. The van der Waals surface area contributed by atoms with Gasteiger partial charge in [0.1, 0.15) is 33.6 Å². The summed E-state index contributed by atoms with van der Waals surface area (Å²) < 4.78 is 0. The van der Waals surface area contributed by atoms with Crippen LogP contribution in [0.3, 0.4) is 0 Å². The van der Waals surface area contributed by atoms with Gasteiger partial charge in [-0.05, 0) is 109 Å². The zero-order valence-electron chi connectivity index (χ0n) is 27.9. The number of anilines is 2. The molecule has 0 amide bonds. The van der Waals surface area contributed by atoms with Crippen molar-refractivity contribution in [2.75, 3.05) is 11.5 Å². The molecular formula is C36H29Cl2N5O9S3. The van der Waals surface area contributed by atoms with E-state index in [1.807, 2.05) is 0 Å². The van der Waals surface area contributed by atoms with E-state index >= 15 is 0 Å². The number of hydrogen-bond donors (Lipinski definition) is 6. The third kappa shape index (κ3) is 14.8. The molecule has 19 heteroatoms. The lowest BCUT2D eigenvalue weighted by atomic mass is 10.3. The average molecular weight is 843 g/mol. The Morgan fingerprint density at radius 1 is 0.491 bits per heavy atom. The summed E-state index contributed by atoms with van der Waals surface area (Å²) in [6.07, 6.45) is 0. The lowest BCUT2D eigenvalue weighted by Crippen LogP contribution is -1.95. The predicted octanol–water partition coefficient (Wildman–Crippen LogP) is 10.7. The van der Waals surface area contributed by atoms with E-state index in [0.717, 1.165) is 24.5 Å². The Morgan fingerprint density at radius 3 is 1.20 bits per heavy atom. The largest absolute Gasteiger partial charge is 0.508 e. The van der Waals surface area contributed by atoms with E-state index in [2.05, 4.69) is 12.6 Å². The van der Waals surface area contributed by atoms with Crippen molar-refractivity contribution in [1.82, 2.24) is 0 Å². The van der Waals surface area contributed by atoms with Gasteiger partial charge in [0.2, 0.25) is 0 Å². The Balaban J connectivity index is 0.000000206. The van der Waals surface area contributed by atoms with Crippen LogP contribution in [-0.2, 0) is 0 Å². The first kappa shape index (κ1) is 43.6. The fourth-order valence-corrected chi connectivity index (χ4v) is 6.27. The monoisotopic (exact) mass is 841 g/mol. The Morgan fingerprint density at radius 2 is 0.836 bits per heavy atom. The normalized spacial score (nSPS) is 9.95. The highest BCUT2D eigenvalue weighted by molar-refractivity contribution is 7.99. The van der Waals surface area contributed by atoms with Gasteiger partial charge in [0.05, 0.1) is 14.8 Å². The molecule has 6 aromatic carbocycles. The SMILES string of the molecule is Nc1cc(Cl)ccc1[N+](=O)[O-].Nc1cc(Sc2ccc(O)cc2)ccc1[N+](=O)[O-].O=[N+]([O-])c1ccc(Sc2ccc(O)cc2)cc1Cl.Oc1ccc(S)cc1. The number of halogens is 2. The molecule has 0 saturated heterocycles. The fourth-order valence-electron chi connectivity index (χ4n) is 3.91. The van der Waals surface area contributed by atoms with Gasteiger partial charge in [-0.15, -0.1) is 12.6 Å². The summed E-state index contributed by atoms with van der Waals surface area (Å²) in [5, 5.41) is 59.0. The summed E-state index contributed by atoms with van der Waals surface area (Å²) in [7, 11) is 0. The van der Waals surface area contributed by atoms with E-state index in [1.54, 1.807) is 97.1 Å². The first-order valence-electron chi connectivity index (χ1n) is 15.1. The molecule has 0 heterocycles. The Labute approximate surface area is 337 Å². The smallest absolute Gasteiger partial charge is 0.292 e. The maximum atomic E-state index is 10.6. The maximum Gasteiger partial charge on any atom is 0.292 e. The van der Waals surface area contributed by atoms with E-state index in [4.69, 9.17) is 50.0 Å². The number of nitro groups is 3. The molecule has 0 bridgehead atoms. The summed E-state index contributed by atoms with van der Waals surface area (Å²) in [6.45, 7) is 0. The Bertz CT molecular complexity index is 2130. The molecule has 0 aliphatic rings. The van der Waals surface area contributed by atoms with Crippen molar-refractivity contribution in [3.8, 4) is 17.2 Å². The topological polar surface area (TPSA) is 242 Å². The highest BCUT2D eigenvalue weighted by Gasteiger charge is 2.13. The van der Waals surface area contributed by atoms with Gasteiger partial charge in [0, 0.05) is 47.7 Å². The number of hydrogen-bond acceptors (Lipinski definition) is 14. The zero-order chi connectivity index (χ0) is 40.7. The number of nitrogen functional groups attached to an aromatic ring is 2.